The molecule has 6 atom stereocenters. The van der Waals surface area contributed by atoms with E-state index in [1.165, 1.54) is 17.2 Å². The first kappa shape index (κ1) is 21.6. The number of ether oxygens (including phenoxy) is 1. The van der Waals surface area contributed by atoms with Gasteiger partial charge in [-0.1, -0.05) is 0 Å². The zero-order chi connectivity index (χ0) is 22.0. The molecule has 0 bridgehead atoms. The van der Waals surface area contributed by atoms with Crippen LogP contribution < -0.4 is 28.3 Å². The minimum absolute atomic E-state index is 0.163. The third-order valence-electron chi connectivity index (χ3n) is 5.02. The number of urea groups is 1. The Balaban J connectivity index is 1.64. The van der Waals surface area contributed by atoms with Crippen molar-refractivity contribution >= 4 is 28.9 Å². The third-order valence-corrected chi connectivity index (χ3v) is 5.02. The van der Waals surface area contributed by atoms with Crippen molar-refractivity contribution in [3.63, 3.8) is 0 Å². The molecule has 1 aliphatic rings. The molecule has 11 N–H and O–H groups in total. The molecule has 14 nitrogen and oxygen atoms in total. The number of primary amides is 2. The molecule has 3 heterocycles. The number of imidazole rings is 1. The lowest BCUT2D eigenvalue weighted by Crippen LogP contribution is -2.47. The van der Waals surface area contributed by atoms with Gasteiger partial charge in [0.1, 0.15) is 30.1 Å². The van der Waals surface area contributed by atoms with Crippen molar-refractivity contribution in [3.05, 3.63) is 12.7 Å². The molecular weight excluding hydrogens is 398 g/mol. The zero-order valence-electron chi connectivity index (χ0n) is 16.0. The smallest absolute Gasteiger partial charge is 0.312 e. The van der Waals surface area contributed by atoms with Gasteiger partial charge >= 0.3 is 6.03 Å². The second kappa shape index (κ2) is 8.74. The van der Waals surface area contributed by atoms with Crippen LogP contribution in [-0.4, -0.2) is 72.1 Å². The highest BCUT2D eigenvalue weighted by atomic mass is 16.6. The lowest BCUT2D eigenvalue weighted by atomic mass is 9.98. The van der Waals surface area contributed by atoms with Gasteiger partial charge in [0, 0.05) is 6.04 Å². The van der Waals surface area contributed by atoms with Crippen molar-refractivity contribution in [1.29, 1.82) is 0 Å². The Labute approximate surface area is 170 Å². The van der Waals surface area contributed by atoms with Crippen molar-refractivity contribution in [2.24, 2.45) is 17.2 Å². The zero-order valence-corrected chi connectivity index (χ0v) is 16.0. The Hall–Kier alpha value is -3.07. The first-order chi connectivity index (χ1) is 14.2. The summed E-state index contributed by atoms with van der Waals surface area (Å²) in [6.45, 7) is 0. The van der Waals surface area contributed by atoms with Gasteiger partial charge in [0.05, 0.1) is 12.4 Å². The number of aromatic nitrogens is 4. The maximum Gasteiger partial charge on any atom is 0.312 e. The fourth-order valence-electron chi connectivity index (χ4n) is 3.46. The molecule has 1 saturated heterocycles. The number of nitrogens with zero attached hydrogens (tertiary/aromatic N) is 4. The molecule has 0 spiro atoms. The molecule has 2 aromatic rings. The number of nitrogens with two attached hydrogens (primary N) is 4. The Kier molecular flexibility index (Phi) is 6.31. The molecule has 6 unspecified atom stereocenters. The predicted molar refractivity (Wildman–Crippen MR) is 103 cm³/mol. The van der Waals surface area contributed by atoms with E-state index < -0.39 is 48.6 Å². The van der Waals surface area contributed by atoms with Crippen LogP contribution >= 0.6 is 0 Å². The molecule has 0 radical (unpaired) electrons. The SMILES string of the molecule is NC(=O)NC(CCC(N)CC1OC(n2cnc3c(N)ncnc32)C(O)C1O)C(N)=O. The van der Waals surface area contributed by atoms with Crippen LogP contribution in [0.3, 0.4) is 0 Å². The number of nitrogen functional groups attached to an aromatic ring is 1. The number of fused-ring (bicyclic) bond motifs is 1. The Morgan fingerprint density at radius 1 is 1.20 bits per heavy atom. The fraction of sp³-hybridized carbons (Fsp3) is 0.562. The molecule has 0 aliphatic carbocycles. The number of carbonyl (C=O) groups is 2. The molecular formula is C16H25N9O5. The first-order valence-electron chi connectivity index (χ1n) is 9.24. The summed E-state index contributed by atoms with van der Waals surface area (Å²) in [6.07, 6.45) is -0.920. The van der Waals surface area contributed by atoms with Crippen molar-refractivity contribution in [2.45, 2.75) is 55.9 Å². The van der Waals surface area contributed by atoms with E-state index in [0.29, 0.717) is 17.6 Å². The van der Waals surface area contributed by atoms with E-state index in [1.54, 1.807) is 0 Å². The molecule has 30 heavy (non-hydrogen) atoms. The summed E-state index contributed by atoms with van der Waals surface area (Å²) < 4.78 is 7.29. The van der Waals surface area contributed by atoms with Crippen molar-refractivity contribution in [2.75, 3.05) is 5.73 Å². The average Bonchev–Trinajstić information content (AvgIpc) is 3.22. The van der Waals surface area contributed by atoms with Gasteiger partial charge in [-0.05, 0) is 19.3 Å². The number of hydrogen-bond acceptors (Lipinski definition) is 10. The highest BCUT2D eigenvalue weighted by Gasteiger charge is 2.44. The monoisotopic (exact) mass is 423 g/mol. The van der Waals surface area contributed by atoms with E-state index in [1.807, 2.05) is 0 Å². The average molecular weight is 423 g/mol. The summed E-state index contributed by atoms with van der Waals surface area (Å²) in [6, 6.07) is -2.33. The van der Waals surface area contributed by atoms with E-state index in [2.05, 4.69) is 20.3 Å². The Bertz CT molecular complexity index is 922. The molecule has 1 fully saturated rings. The van der Waals surface area contributed by atoms with Gasteiger partial charge in [-0.2, -0.15) is 0 Å². The summed E-state index contributed by atoms with van der Waals surface area (Å²) in [7, 11) is 0. The normalized spacial score (nSPS) is 25.8. The summed E-state index contributed by atoms with van der Waals surface area (Å²) in [5.41, 5.74) is 22.8. The number of nitrogens with one attached hydrogen (secondary N) is 1. The molecule has 3 rings (SSSR count). The van der Waals surface area contributed by atoms with Gasteiger partial charge < -0.3 is 43.2 Å². The lowest BCUT2D eigenvalue weighted by Gasteiger charge is -2.21. The van der Waals surface area contributed by atoms with Gasteiger partial charge in [-0.25, -0.2) is 19.7 Å². The van der Waals surface area contributed by atoms with Crippen LogP contribution in [0.15, 0.2) is 12.7 Å². The molecule has 2 aromatic heterocycles. The molecule has 3 amide bonds. The summed E-state index contributed by atoms with van der Waals surface area (Å²) in [5.74, 6) is -0.555. The lowest BCUT2D eigenvalue weighted by molar-refractivity contribution is -0.120. The quantitative estimate of drug-likeness (QED) is 0.227. The third kappa shape index (κ3) is 4.40. The second-order valence-electron chi connectivity index (χ2n) is 7.17. The highest BCUT2D eigenvalue weighted by Crippen LogP contribution is 2.33. The van der Waals surface area contributed by atoms with E-state index in [9.17, 15) is 19.8 Å². The topological polar surface area (TPSA) is 244 Å². The first-order valence-corrected chi connectivity index (χ1v) is 9.24. The fourth-order valence-corrected chi connectivity index (χ4v) is 3.46. The molecule has 164 valence electrons. The minimum Gasteiger partial charge on any atom is -0.388 e. The molecule has 0 saturated carbocycles. The molecule has 14 heteroatoms. The number of amides is 3. The van der Waals surface area contributed by atoms with Crippen molar-refractivity contribution in [3.8, 4) is 0 Å². The van der Waals surface area contributed by atoms with Gasteiger partial charge in [0.15, 0.2) is 17.7 Å². The number of carbonyl (C=O) groups excluding carboxylic acids is 2. The van der Waals surface area contributed by atoms with Crippen LogP contribution in [0.1, 0.15) is 25.5 Å². The van der Waals surface area contributed by atoms with Gasteiger partial charge in [0.25, 0.3) is 0 Å². The van der Waals surface area contributed by atoms with Crippen LogP contribution in [0.4, 0.5) is 10.6 Å². The molecule has 1 aliphatic heterocycles. The predicted octanol–water partition coefficient (Wildman–Crippen LogP) is -2.95. The number of aliphatic hydroxyl groups excluding tert-OH is 2. The summed E-state index contributed by atoms with van der Waals surface area (Å²) in [4.78, 5) is 34.4. The summed E-state index contributed by atoms with van der Waals surface area (Å²) in [5, 5.41) is 23.1. The Morgan fingerprint density at radius 2 is 1.93 bits per heavy atom. The van der Waals surface area contributed by atoms with Crippen LogP contribution in [0.2, 0.25) is 0 Å². The van der Waals surface area contributed by atoms with Gasteiger partial charge in [-0.15, -0.1) is 0 Å². The van der Waals surface area contributed by atoms with Crippen molar-refractivity contribution < 1.29 is 24.5 Å². The maximum absolute atomic E-state index is 11.4. The second-order valence-corrected chi connectivity index (χ2v) is 7.17. The van der Waals surface area contributed by atoms with Crippen LogP contribution in [0, 0.1) is 0 Å². The largest absolute Gasteiger partial charge is 0.388 e. The summed E-state index contributed by atoms with van der Waals surface area (Å²) >= 11 is 0. The number of aliphatic hydroxyl groups is 2. The van der Waals surface area contributed by atoms with Crippen LogP contribution in [-0.2, 0) is 9.53 Å². The van der Waals surface area contributed by atoms with Gasteiger partial charge in [-0.3, -0.25) is 9.36 Å². The van der Waals surface area contributed by atoms with E-state index in [4.69, 9.17) is 27.7 Å². The van der Waals surface area contributed by atoms with Crippen molar-refractivity contribution in [1.82, 2.24) is 24.8 Å². The van der Waals surface area contributed by atoms with E-state index in [0.717, 1.165) is 0 Å². The Morgan fingerprint density at radius 3 is 2.60 bits per heavy atom. The minimum atomic E-state index is -1.26. The standard InChI is InChI=1S/C16H25N9O5/c17-6(1-2-7(13(19)28)24-16(20)29)3-8-10(26)11(27)15(30-8)25-5-23-9-12(18)21-4-22-14(9)25/h4-8,10-11,15,26-27H,1-3,17H2,(H2,19,28)(H2,18,21,22)(H3,20,24,29). The van der Waals surface area contributed by atoms with E-state index >= 15 is 0 Å². The molecule has 0 aromatic carbocycles. The number of anilines is 1. The van der Waals surface area contributed by atoms with Crippen LogP contribution in [0.25, 0.3) is 11.2 Å². The maximum atomic E-state index is 11.4. The highest BCUT2D eigenvalue weighted by molar-refractivity contribution is 5.85. The van der Waals surface area contributed by atoms with Crippen LogP contribution in [0.5, 0.6) is 0 Å². The van der Waals surface area contributed by atoms with E-state index in [-0.39, 0.29) is 18.7 Å². The number of rotatable bonds is 8. The van der Waals surface area contributed by atoms with Gasteiger partial charge in [0.2, 0.25) is 5.91 Å². The number of hydrogen-bond donors (Lipinski definition) is 7.